The molecule has 3 aromatic rings. The molecule has 1 heterocycles. The fourth-order valence-electron chi connectivity index (χ4n) is 2.99. The van der Waals surface area contributed by atoms with Crippen LogP contribution in [0.4, 0.5) is 13.2 Å². The van der Waals surface area contributed by atoms with Gasteiger partial charge in [-0.05, 0) is 25.1 Å². The third kappa shape index (κ3) is 5.75. The molecule has 8 nitrogen and oxygen atoms in total. The van der Waals surface area contributed by atoms with E-state index in [1.165, 1.54) is 30.3 Å². The summed E-state index contributed by atoms with van der Waals surface area (Å²) in [6.45, 7) is 1.39. The highest BCUT2D eigenvalue weighted by Gasteiger charge is 2.42. The maximum Gasteiger partial charge on any atom is 0.417 e. The van der Waals surface area contributed by atoms with Crippen molar-refractivity contribution in [3.05, 3.63) is 71.6 Å². The average molecular weight is 465 g/mol. The molecule has 33 heavy (non-hydrogen) atoms. The van der Waals surface area contributed by atoms with Crippen LogP contribution in [0.3, 0.4) is 0 Å². The van der Waals surface area contributed by atoms with E-state index in [2.05, 4.69) is 15.5 Å². The topological polar surface area (TPSA) is 107 Å². The van der Waals surface area contributed by atoms with Gasteiger partial charge in [0.25, 0.3) is 11.8 Å². The number of alkyl halides is 3. The summed E-state index contributed by atoms with van der Waals surface area (Å²) in [6.07, 6.45) is -4.65. The van der Waals surface area contributed by atoms with E-state index in [0.29, 0.717) is 6.61 Å². The largest absolute Gasteiger partial charge is 0.417 e. The Bertz CT molecular complexity index is 1060. The zero-order valence-corrected chi connectivity index (χ0v) is 17.6. The van der Waals surface area contributed by atoms with Gasteiger partial charge < -0.3 is 24.4 Å². The summed E-state index contributed by atoms with van der Waals surface area (Å²) in [5.74, 6) is -1.42. The van der Waals surface area contributed by atoms with Crippen LogP contribution in [0.1, 0.15) is 28.7 Å². The molecule has 3 rings (SSSR count). The number of carbonyl (C=O) groups excluding carboxylic acids is 1. The molecular weight excluding hydrogens is 443 g/mol. The molecule has 0 radical (unpaired) electrons. The van der Waals surface area contributed by atoms with Gasteiger partial charge in [-0.1, -0.05) is 41.6 Å². The van der Waals surface area contributed by atoms with Crippen LogP contribution in [-0.2, 0) is 21.4 Å². The number of nitrogens with zero attached hydrogens (tertiary/aromatic N) is 2. The molecule has 1 atom stereocenters. The number of hydrogen-bond donors (Lipinski definition) is 2. The van der Waals surface area contributed by atoms with Crippen molar-refractivity contribution in [2.24, 2.45) is 0 Å². The van der Waals surface area contributed by atoms with Gasteiger partial charge in [-0.25, -0.2) is 0 Å². The summed E-state index contributed by atoms with van der Waals surface area (Å²) in [5.41, 5.74) is -3.04. The monoisotopic (exact) mass is 465 g/mol. The molecule has 0 bridgehead atoms. The van der Waals surface area contributed by atoms with E-state index >= 15 is 0 Å². The number of hydrogen-bond acceptors (Lipinski definition) is 7. The van der Waals surface area contributed by atoms with E-state index in [1.807, 2.05) is 0 Å². The van der Waals surface area contributed by atoms with Crippen molar-refractivity contribution in [2.75, 3.05) is 26.4 Å². The van der Waals surface area contributed by atoms with Crippen LogP contribution in [0.2, 0.25) is 0 Å². The Balaban J connectivity index is 1.98. The zero-order valence-electron chi connectivity index (χ0n) is 17.6. The quantitative estimate of drug-likeness (QED) is 0.349. The number of carbonyl (C=O) groups is 1. The third-order valence-corrected chi connectivity index (χ3v) is 4.60. The van der Waals surface area contributed by atoms with Crippen molar-refractivity contribution >= 4 is 5.91 Å². The molecule has 0 fully saturated rings. The molecular formula is C22H22F3N3O5. The van der Waals surface area contributed by atoms with Crippen LogP contribution in [-0.4, -0.2) is 47.6 Å². The van der Waals surface area contributed by atoms with E-state index < -0.39 is 35.9 Å². The fraction of sp³-hybridized carbons (Fsp3) is 0.318. The number of amides is 1. The summed E-state index contributed by atoms with van der Waals surface area (Å²) >= 11 is 0. The molecule has 1 amide bonds. The highest BCUT2D eigenvalue weighted by molar-refractivity contribution is 5.94. The first-order valence-electron chi connectivity index (χ1n) is 10.0. The predicted octanol–water partition coefficient (Wildman–Crippen LogP) is 3.38. The van der Waals surface area contributed by atoms with E-state index in [0.717, 1.165) is 6.07 Å². The second-order valence-corrected chi connectivity index (χ2v) is 6.82. The fourth-order valence-corrected chi connectivity index (χ4v) is 2.99. The average Bonchev–Trinajstić information content (AvgIpc) is 3.32. The lowest BCUT2D eigenvalue weighted by atomic mass is 10.1. The molecule has 0 aliphatic carbocycles. The van der Waals surface area contributed by atoms with Gasteiger partial charge in [0.15, 0.2) is 0 Å². The zero-order chi connectivity index (χ0) is 23.9. The number of aliphatic hydroxyl groups is 1. The van der Waals surface area contributed by atoms with Crippen molar-refractivity contribution < 1.29 is 37.1 Å². The smallest absolute Gasteiger partial charge is 0.391 e. The Kier molecular flexibility index (Phi) is 7.79. The highest BCUT2D eigenvalue weighted by Crippen LogP contribution is 2.36. The Morgan fingerprint density at radius 3 is 2.45 bits per heavy atom. The summed E-state index contributed by atoms with van der Waals surface area (Å²) in [5, 5.41) is 16.3. The van der Waals surface area contributed by atoms with Crippen molar-refractivity contribution in [2.45, 2.75) is 18.8 Å². The summed E-state index contributed by atoms with van der Waals surface area (Å²) in [7, 11) is 0. The highest BCUT2D eigenvalue weighted by atomic mass is 19.4. The SMILES string of the molecule is CCOCCO[C@](CO)(NC(=O)c1ccccc1)c1nc(-c2ccccc2C(F)(F)F)no1. The lowest BCUT2D eigenvalue weighted by Gasteiger charge is -2.29. The lowest BCUT2D eigenvalue weighted by molar-refractivity contribution is -0.137. The number of rotatable bonds is 10. The number of nitrogens with one attached hydrogen (secondary N) is 1. The van der Waals surface area contributed by atoms with Crippen molar-refractivity contribution in [1.29, 1.82) is 0 Å². The van der Waals surface area contributed by atoms with Crippen molar-refractivity contribution in [1.82, 2.24) is 15.5 Å². The van der Waals surface area contributed by atoms with Crippen LogP contribution in [0.5, 0.6) is 0 Å². The van der Waals surface area contributed by atoms with Gasteiger partial charge in [0.1, 0.15) is 6.61 Å². The Labute approximate surface area is 187 Å². The Hall–Kier alpha value is -3.28. The first-order valence-corrected chi connectivity index (χ1v) is 10.0. The van der Waals surface area contributed by atoms with Crippen LogP contribution in [0.15, 0.2) is 59.1 Å². The molecule has 2 N–H and O–H groups in total. The van der Waals surface area contributed by atoms with E-state index in [4.69, 9.17) is 14.0 Å². The normalized spacial score (nSPS) is 13.5. The van der Waals surface area contributed by atoms with Gasteiger partial charge in [-0.2, -0.15) is 18.2 Å². The van der Waals surface area contributed by atoms with Crippen LogP contribution >= 0.6 is 0 Å². The molecule has 0 aliphatic rings. The summed E-state index contributed by atoms with van der Waals surface area (Å²) in [4.78, 5) is 16.8. The molecule has 176 valence electrons. The minimum absolute atomic E-state index is 0.0830. The van der Waals surface area contributed by atoms with Gasteiger partial charge in [0.2, 0.25) is 11.5 Å². The Morgan fingerprint density at radius 2 is 1.79 bits per heavy atom. The number of benzene rings is 2. The number of aliphatic hydroxyl groups excluding tert-OH is 1. The number of halogens is 3. The number of aromatic nitrogens is 2. The first-order chi connectivity index (χ1) is 15.8. The second-order valence-electron chi connectivity index (χ2n) is 6.82. The molecule has 0 spiro atoms. The summed E-state index contributed by atoms with van der Waals surface area (Å²) in [6, 6.07) is 12.8. The molecule has 0 saturated carbocycles. The molecule has 0 aliphatic heterocycles. The van der Waals surface area contributed by atoms with E-state index in [9.17, 15) is 23.1 Å². The van der Waals surface area contributed by atoms with E-state index in [-0.39, 0.29) is 30.2 Å². The Morgan fingerprint density at radius 1 is 1.09 bits per heavy atom. The minimum Gasteiger partial charge on any atom is -0.391 e. The lowest BCUT2D eigenvalue weighted by Crippen LogP contribution is -2.51. The van der Waals surface area contributed by atoms with Crippen molar-refractivity contribution in [3.63, 3.8) is 0 Å². The van der Waals surface area contributed by atoms with Crippen LogP contribution in [0, 0.1) is 0 Å². The van der Waals surface area contributed by atoms with Gasteiger partial charge in [0.05, 0.1) is 18.8 Å². The predicted molar refractivity (Wildman–Crippen MR) is 110 cm³/mol. The first kappa shape index (κ1) is 24.4. The summed E-state index contributed by atoms with van der Waals surface area (Å²) < 4.78 is 56.3. The van der Waals surface area contributed by atoms with E-state index in [1.54, 1.807) is 25.1 Å². The molecule has 0 unspecified atom stereocenters. The van der Waals surface area contributed by atoms with Gasteiger partial charge in [0, 0.05) is 17.7 Å². The third-order valence-electron chi connectivity index (χ3n) is 4.60. The second kappa shape index (κ2) is 10.6. The molecule has 11 heteroatoms. The van der Waals surface area contributed by atoms with Crippen LogP contribution < -0.4 is 5.32 Å². The minimum atomic E-state index is -4.65. The number of ether oxygens (including phenoxy) is 2. The van der Waals surface area contributed by atoms with Crippen molar-refractivity contribution in [3.8, 4) is 11.4 Å². The van der Waals surface area contributed by atoms with Gasteiger partial charge in [-0.15, -0.1) is 0 Å². The molecule has 1 aromatic heterocycles. The van der Waals surface area contributed by atoms with Crippen LogP contribution in [0.25, 0.3) is 11.4 Å². The molecule has 0 saturated heterocycles. The van der Waals surface area contributed by atoms with Gasteiger partial charge in [-0.3, -0.25) is 4.79 Å². The maximum atomic E-state index is 13.4. The standard InChI is InChI=1S/C22H22F3N3O5/c1-2-31-12-13-32-21(14-29,27-19(30)15-8-4-3-5-9-15)20-26-18(28-33-20)16-10-6-7-11-17(16)22(23,24)25/h3-11,29H,2,12-14H2,1H3,(H,27,30)/t21-/m0/s1. The maximum absolute atomic E-state index is 13.4. The van der Waals surface area contributed by atoms with Gasteiger partial charge >= 0.3 is 6.18 Å². The molecule has 2 aromatic carbocycles.